The van der Waals surface area contributed by atoms with Gasteiger partial charge in [0.05, 0.1) is 12.5 Å². The summed E-state index contributed by atoms with van der Waals surface area (Å²) in [5.74, 6) is 0.826. The Morgan fingerprint density at radius 2 is 1.71 bits per heavy atom. The maximum Gasteiger partial charge on any atom is 0.345 e. The number of nitrogens with two attached hydrogens (primary N) is 1. The molecule has 0 aliphatic heterocycles. The van der Waals surface area contributed by atoms with Gasteiger partial charge in [-0.25, -0.2) is 4.79 Å². The minimum Gasteiger partial charge on any atom is -0.497 e. The molecule has 0 amide bonds. The van der Waals surface area contributed by atoms with Gasteiger partial charge in [0, 0.05) is 11.1 Å². The van der Waals surface area contributed by atoms with Crippen molar-refractivity contribution in [2.45, 2.75) is 0 Å². The van der Waals surface area contributed by atoms with Crippen LogP contribution < -0.4 is 21.4 Å². The first-order valence-corrected chi connectivity index (χ1v) is 6.41. The summed E-state index contributed by atoms with van der Waals surface area (Å²) in [6, 6.07) is 14.6. The minimum atomic E-state index is -0.441. The van der Waals surface area contributed by atoms with E-state index in [1.54, 1.807) is 19.2 Å². The van der Waals surface area contributed by atoms with E-state index in [2.05, 4.69) is 5.32 Å². The van der Waals surface area contributed by atoms with Crippen molar-refractivity contribution in [3.05, 3.63) is 59.0 Å². The fourth-order valence-electron chi connectivity index (χ4n) is 2.17. The van der Waals surface area contributed by atoms with E-state index in [0.29, 0.717) is 11.1 Å². The van der Waals surface area contributed by atoms with E-state index in [1.807, 2.05) is 36.4 Å². The van der Waals surface area contributed by atoms with E-state index in [0.717, 1.165) is 16.8 Å². The Kier molecular flexibility index (Phi) is 3.23. The van der Waals surface area contributed by atoms with E-state index in [1.165, 1.54) is 0 Å². The third-order valence-corrected chi connectivity index (χ3v) is 3.22. The normalized spacial score (nSPS) is 10.5. The highest BCUT2D eigenvalue weighted by molar-refractivity contribution is 5.98. The molecular formula is C16H14N2O3. The van der Waals surface area contributed by atoms with Crippen LogP contribution in [0.5, 0.6) is 5.75 Å². The second-order valence-corrected chi connectivity index (χ2v) is 4.53. The number of hydrogen-bond acceptors (Lipinski definition) is 5. The lowest BCUT2D eigenvalue weighted by Crippen LogP contribution is -2.06. The largest absolute Gasteiger partial charge is 0.497 e. The highest BCUT2D eigenvalue weighted by Crippen LogP contribution is 2.30. The summed E-state index contributed by atoms with van der Waals surface area (Å²) >= 11 is 0. The van der Waals surface area contributed by atoms with Crippen LogP contribution in [0, 0.1) is 0 Å². The standard InChI is InChI=1S/C16H14N2O3/c1-20-11-8-6-10(7-9-11)18-14-12-4-2-3-5-13(12)16(19)21-15(14)17/h2-9,18H,17H2,1H3. The molecule has 1 aromatic heterocycles. The minimum absolute atomic E-state index is 0.0644. The van der Waals surface area contributed by atoms with Gasteiger partial charge in [0.15, 0.2) is 0 Å². The van der Waals surface area contributed by atoms with Gasteiger partial charge in [-0.2, -0.15) is 0 Å². The lowest BCUT2D eigenvalue weighted by Gasteiger charge is -2.11. The van der Waals surface area contributed by atoms with Crippen molar-refractivity contribution in [1.82, 2.24) is 0 Å². The highest BCUT2D eigenvalue weighted by atomic mass is 16.5. The number of hydrogen-bond donors (Lipinski definition) is 2. The lowest BCUT2D eigenvalue weighted by atomic mass is 10.1. The Bertz CT molecular complexity index is 838. The summed E-state index contributed by atoms with van der Waals surface area (Å²) in [5, 5.41) is 4.39. The highest BCUT2D eigenvalue weighted by Gasteiger charge is 2.11. The summed E-state index contributed by atoms with van der Waals surface area (Å²) < 4.78 is 10.2. The first kappa shape index (κ1) is 13.1. The second-order valence-electron chi connectivity index (χ2n) is 4.53. The van der Waals surface area contributed by atoms with Gasteiger partial charge in [-0.15, -0.1) is 0 Å². The molecule has 0 aliphatic carbocycles. The van der Waals surface area contributed by atoms with Gasteiger partial charge in [-0.3, -0.25) is 0 Å². The molecule has 0 saturated heterocycles. The van der Waals surface area contributed by atoms with Crippen LogP contribution in [0.15, 0.2) is 57.7 Å². The molecule has 2 aromatic carbocycles. The molecule has 0 radical (unpaired) electrons. The second kappa shape index (κ2) is 5.20. The number of rotatable bonds is 3. The molecule has 106 valence electrons. The van der Waals surface area contributed by atoms with Gasteiger partial charge in [-0.1, -0.05) is 18.2 Å². The summed E-state index contributed by atoms with van der Waals surface area (Å²) in [6.07, 6.45) is 0. The van der Waals surface area contributed by atoms with Crippen molar-refractivity contribution >= 4 is 28.0 Å². The quantitative estimate of drug-likeness (QED) is 0.771. The van der Waals surface area contributed by atoms with E-state index in [-0.39, 0.29) is 5.88 Å². The van der Waals surface area contributed by atoms with E-state index >= 15 is 0 Å². The number of nitrogen functional groups attached to an aromatic ring is 1. The molecule has 0 unspecified atom stereocenters. The molecule has 5 nitrogen and oxygen atoms in total. The number of nitrogens with one attached hydrogen (secondary N) is 1. The fourth-order valence-corrected chi connectivity index (χ4v) is 2.17. The number of anilines is 3. The Labute approximate surface area is 121 Å². The van der Waals surface area contributed by atoms with E-state index in [9.17, 15) is 4.79 Å². The average molecular weight is 282 g/mol. The van der Waals surface area contributed by atoms with Crippen molar-refractivity contribution in [2.75, 3.05) is 18.2 Å². The molecule has 1 heterocycles. The molecule has 3 aromatic rings. The monoisotopic (exact) mass is 282 g/mol. The number of fused-ring (bicyclic) bond motifs is 1. The number of benzene rings is 2. The zero-order valence-corrected chi connectivity index (χ0v) is 11.4. The lowest BCUT2D eigenvalue weighted by molar-refractivity contribution is 0.415. The van der Waals surface area contributed by atoms with Crippen LogP contribution in [0.25, 0.3) is 10.8 Å². The number of ether oxygens (including phenoxy) is 1. The molecule has 3 rings (SSSR count). The van der Waals surface area contributed by atoms with Crippen molar-refractivity contribution in [1.29, 1.82) is 0 Å². The average Bonchev–Trinajstić information content (AvgIpc) is 2.52. The maximum absolute atomic E-state index is 11.8. The predicted molar refractivity (Wildman–Crippen MR) is 83.2 cm³/mol. The van der Waals surface area contributed by atoms with Crippen LogP contribution in [-0.2, 0) is 0 Å². The van der Waals surface area contributed by atoms with Gasteiger partial charge >= 0.3 is 5.63 Å². The first-order valence-electron chi connectivity index (χ1n) is 6.41. The Morgan fingerprint density at radius 1 is 1.05 bits per heavy atom. The van der Waals surface area contributed by atoms with Crippen molar-refractivity contribution in [2.24, 2.45) is 0 Å². The smallest absolute Gasteiger partial charge is 0.345 e. The van der Waals surface area contributed by atoms with Crippen LogP contribution in [0.2, 0.25) is 0 Å². The zero-order chi connectivity index (χ0) is 14.8. The Balaban J connectivity index is 2.09. The summed E-state index contributed by atoms with van der Waals surface area (Å²) in [7, 11) is 1.61. The number of methoxy groups -OCH3 is 1. The molecule has 0 bridgehead atoms. The molecule has 0 fully saturated rings. The SMILES string of the molecule is COc1ccc(Nc2c(N)oc(=O)c3ccccc23)cc1. The van der Waals surface area contributed by atoms with Crippen molar-refractivity contribution in [3.63, 3.8) is 0 Å². The van der Waals surface area contributed by atoms with Gasteiger partial charge < -0.3 is 20.2 Å². The molecule has 0 spiro atoms. The molecule has 3 N–H and O–H groups in total. The van der Waals surface area contributed by atoms with Crippen LogP contribution >= 0.6 is 0 Å². The molecular weight excluding hydrogens is 268 g/mol. The van der Waals surface area contributed by atoms with Gasteiger partial charge in [0.2, 0.25) is 5.88 Å². The molecule has 21 heavy (non-hydrogen) atoms. The van der Waals surface area contributed by atoms with Crippen molar-refractivity contribution < 1.29 is 9.15 Å². The summed E-state index contributed by atoms with van der Waals surface area (Å²) in [4.78, 5) is 11.8. The Morgan fingerprint density at radius 3 is 2.38 bits per heavy atom. The third kappa shape index (κ3) is 2.41. The van der Waals surface area contributed by atoms with Crippen LogP contribution in [0.4, 0.5) is 17.3 Å². The van der Waals surface area contributed by atoms with Gasteiger partial charge in [0.1, 0.15) is 11.4 Å². The molecule has 0 saturated carbocycles. The Hall–Kier alpha value is -2.95. The molecule has 5 heteroatoms. The van der Waals surface area contributed by atoms with Gasteiger partial charge in [-0.05, 0) is 30.3 Å². The van der Waals surface area contributed by atoms with Crippen LogP contribution in [-0.4, -0.2) is 7.11 Å². The zero-order valence-electron chi connectivity index (χ0n) is 11.4. The molecule has 0 aliphatic rings. The first-order chi connectivity index (χ1) is 10.2. The van der Waals surface area contributed by atoms with Crippen LogP contribution in [0.1, 0.15) is 0 Å². The van der Waals surface area contributed by atoms with Crippen LogP contribution in [0.3, 0.4) is 0 Å². The maximum atomic E-state index is 11.8. The predicted octanol–water partition coefficient (Wildman–Crippen LogP) is 3.13. The summed E-state index contributed by atoms with van der Waals surface area (Å²) in [5.41, 5.74) is 6.80. The summed E-state index contributed by atoms with van der Waals surface area (Å²) in [6.45, 7) is 0. The fraction of sp³-hybridized carbons (Fsp3) is 0.0625. The van der Waals surface area contributed by atoms with E-state index in [4.69, 9.17) is 14.9 Å². The van der Waals surface area contributed by atoms with Gasteiger partial charge in [0.25, 0.3) is 0 Å². The van der Waals surface area contributed by atoms with Crippen molar-refractivity contribution in [3.8, 4) is 5.75 Å². The molecule has 0 atom stereocenters. The van der Waals surface area contributed by atoms with E-state index < -0.39 is 5.63 Å². The topological polar surface area (TPSA) is 77.5 Å². The third-order valence-electron chi connectivity index (χ3n) is 3.22.